The van der Waals surface area contributed by atoms with E-state index < -0.39 is 0 Å². The van der Waals surface area contributed by atoms with Crippen molar-refractivity contribution in [3.8, 4) is 11.5 Å². The van der Waals surface area contributed by atoms with E-state index >= 15 is 0 Å². The number of carbonyl (C=O) groups is 1. The molecule has 0 atom stereocenters. The van der Waals surface area contributed by atoms with Gasteiger partial charge in [0.1, 0.15) is 13.2 Å². The lowest BCUT2D eigenvalue weighted by Crippen LogP contribution is -2.23. The Morgan fingerprint density at radius 1 is 1.08 bits per heavy atom. The number of rotatable bonds is 5. The van der Waals surface area contributed by atoms with Gasteiger partial charge >= 0.3 is 0 Å². The summed E-state index contributed by atoms with van der Waals surface area (Å²) in [6, 6.07) is 11.2. The molecule has 0 saturated carbocycles. The number of nitrogens with one attached hydrogen (secondary N) is 1. The number of fused-ring (bicyclic) bond motifs is 1. The average Bonchev–Trinajstić information content (AvgIpc) is 2.58. The standard InChI is InChI=1S/C18H17Cl2NO3/c19-14-3-1-2-12(8-14)4-5-17(22)21-11-13-9-15(20)18-16(10-13)23-6-7-24-18/h1-3,8-10H,4-7,11H2,(H,21,22). The molecule has 3 rings (SSSR count). The fraction of sp³-hybridized carbons (Fsp3) is 0.278. The summed E-state index contributed by atoms with van der Waals surface area (Å²) in [5, 5.41) is 4.07. The van der Waals surface area contributed by atoms with Gasteiger partial charge in [0.15, 0.2) is 11.5 Å². The Morgan fingerprint density at radius 2 is 1.92 bits per heavy atom. The molecule has 2 aromatic rings. The highest BCUT2D eigenvalue weighted by molar-refractivity contribution is 6.32. The van der Waals surface area contributed by atoms with Crippen molar-refractivity contribution in [2.24, 2.45) is 0 Å². The van der Waals surface area contributed by atoms with Crippen LogP contribution in [0, 0.1) is 0 Å². The molecule has 4 nitrogen and oxygen atoms in total. The van der Waals surface area contributed by atoms with Crippen LogP contribution in [0.25, 0.3) is 0 Å². The van der Waals surface area contributed by atoms with Gasteiger partial charge in [-0.25, -0.2) is 0 Å². The molecule has 1 amide bonds. The Bertz CT molecular complexity index is 749. The van der Waals surface area contributed by atoms with Crippen molar-refractivity contribution < 1.29 is 14.3 Å². The van der Waals surface area contributed by atoms with Gasteiger partial charge in [-0.05, 0) is 41.8 Å². The zero-order valence-corrected chi connectivity index (χ0v) is 14.5. The summed E-state index contributed by atoms with van der Waals surface area (Å²) < 4.78 is 11.0. The summed E-state index contributed by atoms with van der Waals surface area (Å²) in [6.07, 6.45) is 1.05. The molecular weight excluding hydrogens is 349 g/mol. The highest BCUT2D eigenvalue weighted by Gasteiger charge is 2.16. The van der Waals surface area contributed by atoms with Gasteiger partial charge in [-0.1, -0.05) is 35.3 Å². The number of ether oxygens (including phenoxy) is 2. The van der Waals surface area contributed by atoms with Crippen LogP contribution in [-0.2, 0) is 17.8 Å². The van der Waals surface area contributed by atoms with Crippen LogP contribution in [0.4, 0.5) is 0 Å². The molecule has 2 aromatic carbocycles. The van der Waals surface area contributed by atoms with Gasteiger partial charge in [-0.2, -0.15) is 0 Å². The third-order valence-corrected chi connectivity index (χ3v) is 4.19. The molecule has 0 bridgehead atoms. The van der Waals surface area contributed by atoms with E-state index in [1.54, 1.807) is 6.07 Å². The van der Waals surface area contributed by atoms with Crippen LogP contribution in [0.15, 0.2) is 36.4 Å². The Hall–Kier alpha value is -1.91. The molecule has 1 N–H and O–H groups in total. The summed E-state index contributed by atoms with van der Waals surface area (Å²) in [4.78, 5) is 12.0. The van der Waals surface area contributed by atoms with E-state index in [0.29, 0.717) is 54.1 Å². The van der Waals surface area contributed by atoms with E-state index in [0.717, 1.165) is 11.1 Å². The number of halogens is 2. The number of hydrogen-bond donors (Lipinski definition) is 1. The minimum absolute atomic E-state index is 0.0269. The van der Waals surface area contributed by atoms with Crippen molar-refractivity contribution in [3.63, 3.8) is 0 Å². The largest absolute Gasteiger partial charge is 0.486 e. The first kappa shape index (κ1) is 16.9. The Kier molecular flexibility index (Phi) is 5.48. The van der Waals surface area contributed by atoms with Crippen LogP contribution < -0.4 is 14.8 Å². The topological polar surface area (TPSA) is 47.6 Å². The number of hydrogen-bond acceptors (Lipinski definition) is 3. The van der Waals surface area contributed by atoms with Crippen molar-refractivity contribution in [1.82, 2.24) is 5.32 Å². The fourth-order valence-corrected chi connectivity index (χ4v) is 3.01. The van der Waals surface area contributed by atoms with Gasteiger partial charge in [0.25, 0.3) is 0 Å². The number of benzene rings is 2. The lowest BCUT2D eigenvalue weighted by molar-refractivity contribution is -0.121. The summed E-state index contributed by atoms with van der Waals surface area (Å²) in [7, 11) is 0. The Balaban J connectivity index is 1.53. The highest BCUT2D eigenvalue weighted by atomic mass is 35.5. The molecule has 1 aliphatic heterocycles. The molecule has 0 saturated heterocycles. The molecule has 1 heterocycles. The SMILES string of the molecule is O=C(CCc1cccc(Cl)c1)NCc1cc(Cl)c2c(c1)OCCO2. The van der Waals surface area contributed by atoms with Crippen LogP contribution in [0.2, 0.25) is 10.0 Å². The van der Waals surface area contributed by atoms with Crippen LogP contribution in [-0.4, -0.2) is 19.1 Å². The van der Waals surface area contributed by atoms with Gasteiger partial charge < -0.3 is 14.8 Å². The minimum Gasteiger partial charge on any atom is -0.486 e. The monoisotopic (exact) mass is 365 g/mol. The lowest BCUT2D eigenvalue weighted by atomic mass is 10.1. The second kappa shape index (κ2) is 7.77. The first-order valence-corrected chi connectivity index (χ1v) is 8.46. The normalized spacial score (nSPS) is 12.8. The first-order valence-electron chi connectivity index (χ1n) is 7.71. The van der Waals surface area contributed by atoms with Crippen molar-refractivity contribution >= 4 is 29.1 Å². The zero-order valence-electron chi connectivity index (χ0n) is 13.0. The first-order chi connectivity index (χ1) is 11.6. The maximum Gasteiger partial charge on any atom is 0.220 e. The fourth-order valence-electron chi connectivity index (χ4n) is 2.51. The van der Waals surface area contributed by atoms with Crippen LogP contribution >= 0.6 is 23.2 Å². The summed E-state index contributed by atoms with van der Waals surface area (Å²) in [5.41, 5.74) is 1.92. The third kappa shape index (κ3) is 4.34. The zero-order chi connectivity index (χ0) is 16.9. The van der Waals surface area contributed by atoms with Gasteiger partial charge in [0.05, 0.1) is 5.02 Å². The molecule has 0 unspecified atom stereocenters. The van der Waals surface area contributed by atoms with E-state index in [1.807, 2.05) is 30.3 Å². The summed E-state index contributed by atoms with van der Waals surface area (Å²) in [6.45, 7) is 1.38. The van der Waals surface area contributed by atoms with E-state index in [9.17, 15) is 4.79 Å². The van der Waals surface area contributed by atoms with Crippen molar-refractivity contribution in [2.45, 2.75) is 19.4 Å². The minimum atomic E-state index is -0.0269. The molecular formula is C18H17Cl2NO3. The van der Waals surface area contributed by atoms with Crippen molar-refractivity contribution in [3.05, 3.63) is 57.6 Å². The Labute approximate surface area is 150 Å². The molecule has 0 aliphatic carbocycles. The molecule has 0 aromatic heterocycles. The van der Waals surface area contributed by atoms with Crippen molar-refractivity contribution in [2.75, 3.05) is 13.2 Å². The van der Waals surface area contributed by atoms with E-state index in [4.69, 9.17) is 32.7 Å². The van der Waals surface area contributed by atoms with E-state index in [1.165, 1.54) is 0 Å². The predicted octanol–water partition coefficient (Wildman–Crippen LogP) is 4.01. The number of amides is 1. The second-order valence-electron chi connectivity index (χ2n) is 5.51. The summed E-state index contributed by atoms with van der Waals surface area (Å²) in [5.74, 6) is 1.16. The van der Waals surface area contributed by atoms with E-state index in [2.05, 4.69) is 5.32 Å². The smallest absolute Gasteiger partial charge is 0.220 e. The van der Waals surface area contributed by atoms with Gasteiger partial charge in [-0.15, -0.1) is 0 Å². The van der Waals surface area contributed by atoms with Crippen molar-refractivity contribution in [1.29, 1.82) is 0 Å². The highest BCUT2D eigenvalue weighted by Crippen LogP contribution is 2.38. The molecule has 0 radical (unpaired) electrons. The lowest BCUT2D eigenvalue weighted by Gasteiger charge is -2.20. The van der Waals surface area contributed by atoms with Gasteiger partial charge in [0.2, 0.25) is 5.91 Å². The molecule has 0 fully saturated rings. The van der Waals surface area contributed by atoms with Gasteiger partial charge in [0, 0.05) is 18.0 Å². The molecule has 24 heavy (non-hydrogen) atoms. The molecule has 126 valence electrons. The van der Waals surface area contributed by atoms with Crippen LogP contribution in [0.1, 0.15) is 17.5 Å². The van der Waals surface area contributed by atoms with Crippen LogP contribution in [0.3, 0.4) is 0 Å². The maximum absolute atomic E-state index is 12.0. The molecule has 1 aliphatic rings. The predicted molar refractivity (Wildman–Crippen MR) is 94.1 cm³/mol. The maximum atomic E-state index is 12.0. The molecule has 0 spiro atoms. The quantitative estimate of drug-likeness (QED) is 0.870. The number of aryl methyl sites for hydroxylation is 1. The summed E-state index contributed by atoms with van der Waals surface area (Å²) >= 11 is 12.1. The second-order valence-corrected chi connectivity index (χ2v) is 6.35. The number of carbonyl (C=O) groups excluding carboxylic acids is 1. The average molecular weight is 366 g/mol. The Morgan fingerprint density at radius 3 is 2.75 bits per heavy atom. The molecule has 6 heteroatoms. The van der Waals surface area contributed by atoms with Crippen LogP contribution in [0.5, 0.6) is 11.5 Å². The van der Waals surface area contributed by atoms with Gasteiger partial charge in [-0.3, -0.25) is 4.79 Å². The van der Waals surface area contributed by atoms with E-state index in [-0.39, 0.29) is 5.91 Å². The third-order valence-electron chi connectivity index (χ3n) is 3.68.